The van der Waals surface area contributed by atoms with E-state index in [9.17, 15) is 19.2 Å². The number of rotatable bonds is 5. The van der Waals surface area contributed by atoms with Gasteiger partial charge in [-0.3, -0.25) is 24.1 Å². The van der Waals surface area contributed by atoms with Gasteiger partial charge >= 0.3 is 0 Å². The molecule has 5 rings (SSSR count). The molecule has 0 aliphatic carbocycles. The van der Waals surface area contributed by atoms with Crippen LogP contribution in [0.4, 0.5) is 5.69 Å². The van der Waals surface area contributed by atoms with Crippen molar-refractivity contribution < 1.29 is 19.2 Å². The summed E-state index contributed by atoms with van der Waals surface area (Å²) >= 11 is 0. The number of amides is 3. The van der Waals surface area contributed by atoms with Crippen LogP contribution < -0.4 is 10.2 Å². The summed E-state index contributed by atoms with van der Waals surface area (Å²) in [5.41, 5.74) is 2.09. The quantitative estimate of drug-likeness (QED) is 0.488. The lowest BCUT2D eigenvalue weighted by Gasteiger charge is -2.36. The van der Waals surface area contributed by atoms with E-state index >= 15 is 0 Å². The minimum atomic E-state index is -0.813. The maximum absolute atomic E-state index is 13.1. The van der Waals surface area contributed by atoms with Crippen LogP contribution in [0.3, 0.4) is 0 Å². The van der Waals surface area contributed by atoms with Gasteiger partial charge in [-0.15, -0.1) is 0 Å². The Bertz CT molecular complexity index is 1240. The molecule has 3 amide bonds. The van der Waals surface area contributed by atoms with Crippen molar-refractivity contribution in [2.75, 3.05) is 24.5 Å². The van der Waals surface area contributed by atoms with Gasteiger partial charge in [0, 0.05) is 24.2 Å². The standard InChI is InChI=1S/C26H21N3O4/c30-22(17-8-2-1-3-9-17)16-28-15-14-27-24(31)23(28)20-12-6-7-13-21(20)29-25(32)18-10-4-5-11-19(18)26(29)33/h1-13,23H,14-16H2,(H,27,31). The predicted octanol–water partition coefficient (Wildman–Crippen LogP) is 2.84. The number of nitrogens with zero attached hydrogens (tertiary/aromatic N) is 2. The highest BCUT2D eigenvalue weighted by Gasteiger charge is 2.40. The fraction of sp³-hybridized carbons (Fsp3) is 0.154. The van der Waals surface area contributed by atoms with E-state index in [1.54, 1.807) is 77.7 Å². The topological polar surface area (TPSA) is 86.8 Å². The van der Waals surface area contributed by atoms with Crippen LogP contribution in [0.25, 0.3) is 0 Å². The third kappa shape index (κ3) is 3.62. The number of ketones is 1. The highest BCUT2D eigenvalue weighted by atomic mass is 16.2. The fourth-order valence-electron chi connectivity index (χ4n) is 4.45. The SMILES string of the molecule is O=C(CN1CCNC(=O)C1c1ccccc1N1C(=O)c2ccccc2C1=O)c1ccccc1. The molecule has 33 heavy (non-hydrogen) atoms. The van der Waals surface area contributed by atoms with Gasteiger partial charge in [-0.2, -0.15) is 0 Å². The van der Waals surface area contributed by atoms with E-state index in [1.807, 2.05) is 6.07 Å². The van der Waals surface area contributed by atoms with Gasteiger partial charge in [-0.1, -0.05) is 60.7 Å². The van der Waals surface area contributed by atoms with Gasteiger partial charge < -0.3 is 5.32 Å². The number of nitrogens with one attached hydrogen (secondary N) is 1. The molecule has 3 aromatic carbocycles. The predicted molar refractivity (Wildman–Crippen MR) is 122 cm³/mol. The fourth-order valence-corrected chi connectivity index (χ4v) is 4.45. The van der Waals surface area contributed by atoms with E-state index in [-0.39, 0.29) is 18.2 Å². The number of carbonyl (C=O) groups excluding carboxylic acids is 4. The van der Waals surface area contributed by atoms with Crippen LogP contribution in [0.15, 0.2) is 78.9 Å². The summed E-state index contributed by atoms with van der Waals surface area (Å²) in [7, 11) is 0. The second-order valence-corrected chi connectivity index (χ2v) is 8.00. The lowest BCUT2D eigenvalue weighted by molar-refractivity contribution is -0.128. The van der Waals surface area contributed by atoms with E-state index in [2.05, 4.69) is 5.32 Å². The van der Waals surface area contributed by atoms with Gasteiger partial charge in [0.1, 0.15) is 6.04 Å². The molecule has 7 heteroatoms. The largest absolute Gasteiger partial charge is 0.353 e. The average molecular weight is 439 g/mol. The van der Waals surface area contributed by atoms with Crippen LogP contribution >= 0.6 is 0 Å². The molecule has 0 saturated carbocycles. The summed E-state index contributed by atoms with van der Waals surface area (Å²) in [6.45, 7) is 0.913. The third-order valence-electron chi connectivity index (χ3n) is 6.02. The van der Waals surface area contributed by atoms with Crippen LogP contribution in [0.5, 0.6) is 0 Å². The van der Waals surface area contributed by atoms with E-state index < -0.39 is 17.9 Å². The second-order valence-electron chi connectivity index (χ2n) is 8.00. The number of anilines is 1. The molecule has 2 aliphatic rings. The molecule has 2 heterocycles. The third-order valence-corrected chi connectivity index (χ3v) is 6.02. The van der Waals surface area contributed by atoms with Crippen molar-refractivity contribution in [3.05, 3.63) is 101 Å². The Hall–Kier alpha value is -4.10. The van der Waals surface area contributed by atoms with E-state index in [0.29, 0.717) is 41.0 Å². The molecule has 0 radical (unpaired) electrons. The van der Waals surface area contributed by atoms with Gasteiger partial charge in [0.15, 0.2) is 5.78 Å². The summed E-state index contributed by atoms with van der Waals surface area (Å²) in [4.78, 5) is 55.0. The van der Waals surface area contributed by atoms with Gasteiger partial charge in [0.25, 0.3) is 11.8 Å². The van der Waals surface area contributed by atoms with Gasteiger partial charge in [0.05, 0.1) is 23.4 Å². The molecule has 0 aromatic heterocycles. The van der Waals surface area contributed by atoms with E-state index in [0.717, 1.165) is 4.90 Å². The molecule has 0 spiro atoms. The van der Waals surface area contributed by atoms with E-state index in [1.165, 1.54) is 0 Å². The Balaban J connectivity index is 1.52. The van der Waals surface area contributed by atoms with Crippen LogP contribution in [0.1, 0.15) is 42.7 Å². The number of fused-ring (bicyclic) bond motifs is 1. The van der Waals surface area contributed by atoms with Crippen LogP contribution in [0, 0.1) is 0 Å². The maximum atomic E-state index is 13.1. The van der Waals surface area contributed by atoms with Crippen molar-refractivity contribution in [2.45, 2.75) is 6.04 Å². The Morgan fingerprint density at radius 1 is 0.818 bits per heavy atom. The van der Waals surface area contributed by atoms with Crippen molar-refractivity contribution in [1.82, 2.24) is 10.2 Å². The summed E-state index contributed by atoms with van der Waals surface area (Å²) in [6.07, 6.45) is 0. The molecule has 7 nitrogen and oxygen atoms in total. The number of benzene rings is 3. The second kappa shape index (κ2) is 8.44. The number of hydrogen-bond donors (Lipinski definition) is 1. The molecular weight excluding hydrogens is 418 g/mol. The molecule has 1 atom stereocenters. The van der Waals surface area contributed by atoms with Crippen molar-refractivity contribution >= 4 is 29.2 Å². The van der Waals surface area contributed by atoms with Gasteiger partial charge in [-0.05, 0) is 18.2 Å². The minimum Gasteiger partial charge on any atom is -0.353 e. The highest BCUT2D eigenvalue weighted by Crippen LogP contribution is 2.36. The first-order valence-corrected chi connectivity index (χ1v) is 10.7. The number of carbonyl (C=O) groups is 4. The summed E-state index contributed by atoms with van der Waals surface area (Å²) in [6, 6.07) is 21.7. The maximum Gasteiger partial charge on any atom is 0.266 e. The average Bonchev–Trinajstić information content (AvgIpc) is 3.10. The zero-order valence-corrected chi connectivity index (χ0v) is 17.7. The molecule has 164 valence electrons. The van der Waals surface area contributed by atoms with Crippen molar-refractivity contribution in [3.63, 3.8) is 0 Å². The lowest BCUT2D eigenvalue weighted by Crippen LogP contribution is -2.51. The van der Waals surface area contributed by atoms with Crippen molar-refractivity contribution in [2.24, 2.45) is 0 Å². The van der Waals surface area contributed by atoms with Crippen LogP contribution in [-0.2, 0) is 4.79 Å². The van der Waals surface area contributed by atoms with E-state index in [4.69, 9.17) is 0 Å². The zero-order chi connectivity index (χ0) is 22.9. The number of hydrogen-bond acceptors (Lipinski definition) is 5. The Morgan fingerprint density at radius 2 is 1.42 bits per heavy atom. The number of Topliss-reactive ketones (excluding diaryl/α,β-unsaturated/α-hetero) is 1. The molecule has 0 bridgehead atoms. The molecule has 1 saturated heterocycles. The zero-order valence-electron chi connectivity index (χ0n) is 17.7. The Labute approximate surface area is 190 Å². The molecule has 1 unspecified atom stereocenters. The molecule has 3 aromatic rings. The van der Waals surface area contributed by atoms with Gasteiger partial charge in [-0.25, -0.2) is 4.90 Å². The smallest absolute Gasteiger partial charge is 0.266 e. The number of imide groups is 1. The molecular formula is C26H21N3O4. The first kappa shape index (κ1) is 20.8. The molecule has 2 aliphatic heterocycles. The molecule has 1 fully saturated rings. The van der Waals surface area contributed by atoms with Crippen molar-refractivity contribution in [3.8, 4) is 0 Å². The number of piperazine rings is 1. The highest BCUT2D eigenvalue weighted by molar-refractivity contribution is 6.34. The summed E-state index contributed by atoms with van der Waals surface area (Å²) < 4.78 is 0. The van der Waals surface area contributed by atoms with Gasteiger partial charge in [0.2, 0.25) is 5.91 Å². The number of para-hydroxylation sites is 1. The normalized spacial score (nSPS) is 18.2. The molecule has 1 N–H and O–H groups in total. The van der Waals surface area contributed by atoms with Crippen LogP contribution in [0.2, 0.25) is 0 Å². The van der Waals surface area contributed by atoms with Crippen molar-refractivity contribution in [1.29, 1.82) is 0 Å². The summed E-state index contributed by atoms with van der Waals surface area (Å²) in [5.74, 6) is -1.22. The monoisotopic (exact) mass is 439 g/mol. The lowest BCUT2D eigenvalue weighted by atomic mass is 9.98. The van der Waals surface area contributed by atoms with Crippen LogP contribution in [-0.4, -0.2) is 48.0 Å². The first-order chi connectivity index (χ1) is 16.1. The minimum absolute atomic E-state index is 0.0402. The Morgan fingerprint density at radius 3 is 2.12 bits per heavy atom. The Kier molecular flexibility index (Phi) is 5.32. The summed E-state index contributed by atoms with van der Waals surface area (Å²) in [5, 5.41) is 2.85. The first-order valence-electron chi connectivity index (χ1n) is 10.7.